The number of nitrogens with zero attached hydrogens (tertiary/aromatic N) is 4. The van der Waals surface area contributed by atoms with Crippen LogP contribution >= 0.6 is 0 Å². The molecule has 3 aromatic rings. The molecule has 1 unspecified atom stereocenters. The zero-order valence-corrected chi connectivity index (χ0v) is 18.1. The molecule has 1 atom stereocenters. The van der Waals surface area contributed by atoms with Crippen molar-refractivity contribution in [3.63, 3.8) is 0 Å². The minimum absolute atomic E-state index is 0.0656. The van der Waals surface area contributed by atoms with Crippen molar-refractivity contribution in [2.24, 2.45) is 13.0 Å². The molecule has 4 heterocycles. The molecule has 0 saturated carbocycles. The number of hydrogen-bond acceptors (Lipinski definition) is 6. The number of aryl methyl sites for hydroxylation is 1. The third kappa shape index (κ3) is 3.74. The van der Waals surface area contributed by atoms with Crippen LogP contribution in [0.15, 0.2) is 36.7 Å². The third-order valence-electron chi connectivity index (χ3n) is 6.31. The Balaban J connectivity index is 1.21. The first kappa shape index (κ1) is 20.3. The van der Waals surface area contributed by atoms with E-state index >= 15 is 0 Å². The Morgan fingerprint density at radius 1 is 1.25 bits per heavy atom. The molecule has 1 fully saturated rings. The molecular weight excluding hydrogens is 410 g/mol. The maximum Gasteiger partial charge on any atom is 0.271 e. The van der Waals surface area contributed by atoms with E-state index in [1.165, 1.54) is 0 Å². The van der Waals surface area contributed by atoms with Gasteiger partial charge in [0.2, 0.25) is 0 Å². The summed E-state index contributed by atoms with van der Waals surface area (Å²) < 4.78 is 13.1. The summed E-state index contributed by atoms with van der Waals surface area (Å²) >= 11 is 0. The van der Waals surface area contributed by atoms with Gasteiger partial charge in [0.1, 0.15) is 23.3 Å². The standard InChI is InChI=1S/C23H25N5O4/c1-27-13-15(12-24-27)18-10-19(26-25-18)23(30)28-7-5-14(6-8-28)22-11-20(29)17-9-16(31-2)3-4-21(17)32-22/h3-4,9-10,12-14,22H,5-8,11H2,1-2H3,(H,25,26). The van der Waals surface area contributed by atoms with E-state index < -0.39 is 0 Å². The van der Waals surface area contributed by atoms with E-state index in [4.69, 9.17) is 9.47 Å². The zero-order valence-electron chi connectivity index (χ0n) is 18.1. The van der Waals surface area contributed by atoms with Crippen LogP contribution in [0.2, 0.25) is 0 Å². The Labute approximate surface area is 185 Å². The first-order chi connectivity index (χ1) is 15.5. The van der Waals surface area contributed by atoms with Gasteiger partial charge in [-0.1, -0.05) is 0 Å². The third-order valence-corrected chi connectivity index (χ3v) is 6.31. The average molecular weight is 435 g/mol. The zero-order chi connectivity index (χ0) is 22.2. The van der Waals surface area contributed by atoms with Gasteiger partial charge in [-0.2, -0.15) is 10.2 Å². The Kier molecular flexibility index (Phi) is 5.16. The van der Waals surface area contributed by atoms with Crippen molar-refractivity contribution in [3.05, 3.63) is 47.9 Å². The van der Waals surface area contributed by atoms with Crippen molar-refractivity contribution >= 4 is 11.7 Å². The Morgan fingerprint density at radius 3 is 2.78 bits per heavy atom. The molecule has 0 aliphatic carbocycles. The van der Waals surface area contributed by atoms with Crippen LogP contribution in [0.5, 0.6) is 11.5 Å². The van der Waals surface area contributed by atoms with E-state index in [1.54, 1.807) is 42.3 Å². The number of fused-ring (bicyclic) bond motifs is 1. The van der Waals surface area contributed by atoms with Crippen LogP contribution in [0.3, 0.4) is 0 Å². The number of Topliss-reactive ketones (excluding diaryl/α,β-unsaturated/α-hetero) is 1. The average Bonchev–Trinajstić information content (AvgIpc) is 3.48. The molecule has 2 aliphatic rings. The van der Waals surface area contributed by atoms with Crippen molar-refractivity contribution < 1.29 is 19.1 Å². The smallest absolute Gasteiger partial charge is 0.271 e. The van der Waals surface area contributed by atoms with Gasteiger partial charge >= 0.3 is 0 Å². The lowest BCUT2D eigenvalue weighted by Crippen LogP contribution is -2.44. The van der Waals surface area contributed by atoms with Crippen LogP contribution < -0.4 is 9.47 Å². The predicted octanol–water partition coefficient (Wildman–Crippen LogP) is 2.71. The lowest BCUT2D eigenvalue weighted by Gasteiger charge is -2.37. The van der Waals surface area contributed by atoms with Gasteiger partial charge in [-0.15, -0.1) is 0 Å². The highest BCUT2D eigenvalue weighted by Crippen LogP contribution is 2.35. The van der Waals surface area contributed by atoms with Crippen LogP contribution in [0.1, 0.15) is 40.1 Å². The second-order valence-corrected chi connectivity index (χ2v) is 8.34. The van der Waals surface area contributed by atoms with E-state index in [-0.39, 0.29) is 23.7 Å². The fourth-order valence-electron chi connectivity index (χ4n) is 4.49. The number of piperidine rings is 1. The second kappa shape index (κ2) is 8.14. The van der Waals surface area contributed by atoms with Crippen molar-refractivity contribution in [2.75, 3.05) is 20.2 Å². The monoisotopic (exact) mass is 435 g/mol. The number of amides is 1. The molecule has 1 amide bonds. The molecule has 9 heteroatoms. The molecule has 166 valence electrons. The van der Waals surface area contributed by atoms with Crippen molar-refractivity contribution in [1.82, 2.24) is 24.9 Å². The van der Waals surface area contributed by atoms with Gasteiger partial charge in [0.25, 0.3) is 5.91 Å². The van der Waals surface area contributed by atoms with Crippen LogP contribution in [0, 0.1) is 5.92 Å². The summed E-state index contributed by atoms with van der Waals surface area (Å²) in [6.45, 7) is 1.24. The Bertz CT molecular complexity index is 1160. The summed E-state index contributed by atoms with van der Waals surface area (Å²) in [6.07, 6.45) is 5.35. The van der Waals surface area contributed by atoms with Crippen LogP contribution in [0.4, 0.5) is 0 Å². The van der Waals surface area contributed by atoms with E-state index in [1.807, 2.05) is 18.1 Å². The first-order valence-corrected chi connectivity index (χ1v) is 10.7. The number of carbonyl (C=O) groups is 2. The van der Waals surface area contributed by atoms with E-state index in [0.29, 0.717) is 48.0 Å². The molecule has 1 N–H and O–H groups in total. The Hall–Kier alpha value is -3.62. The molecule has 1 saturated heterocycles. The first-order valence-electron chi connectivity index (χ1n) is 10.7. The van der Waals surface area contributed by atoms with Crippen LogP contribution in [-0.4, -0.2) is 62.9 Å². The quantitative estimate of drug-likeness (QED) is 0.676. The number of likely N-dealkylation sites (tertiary alicyclic amines) is 1. The van der Waals surface area contributed by atoms with Crippen molar-refractivity contribution in [2.45, 2.75) is 25.4 Å². The molecule has 32 heavy (non-hydrogen) atoms. The van der Waals surface area contributed by atoms with Gasteiger partial charge in [0.15, 0.2) is 5.78 Å². The largest absolute Gasteiger partial charge is 0.497 e. The predicted molar refractivity (Wildman–Crippen MR) is 116 cm³/mol. The molecule has 2 aromatic heterocycles. The number of methoxy groups -OCH3 is 1. The molecule has 1 aromatic carbocycles. The lowest BCUT2D eigenvalue weighted by atomic mass is 9.86. The van der Waals surface area contributed by atoms with E-state index in [2.05, 4.69) is 15.3 Å². The second-order valence-electron chi connectivity index (χ2n) is 8.34. The normalized spacial score (nSPS) is 18.9. The summed E-state index contributed by atoms with van der Waals surface area (Å²) in [7, 11) is 3.42. The Morgan fingerprint density at radius 2 is 2.06 bits per heavy atom. The van der Waals surface area contributed by atoms with E-state index in [0.717, 1.165) is 18.4 Å². The maximum atomic E-state index is 12.9. The van der Waals surface area contributed by atoms with Crippen LogP contribution in [-0.2, 0) is 7.05 Å². The van der Waals surface area contributed by atoms with Gasteiger partial charge in [0.05, 0.1) is 24.6 Å². The van der Waals surface area contributed by atoms with E-state index in [9.17, 15) is 9.59 Å². The number of ketones is 1. The molecule has 0 bridgehead atoms. The number of H-pyrrole nitrogens is 1. The summed E-state index contributed by atoms with van der Waals surface area (Å²) in [5.41, 5.74) is 2.60. The van der Waals surface area contributed by atoms with Crippen molar-refractivity contribution in [3.8, 4) is 22.8 Å². The van der Waals surface area contributed by atoms with Gasteiger partial charge < -0.3 is 14.4 Å². The number of nitrogens with one attached hydrogen (secondary N) is 1. The van der Waals surface area contributed by atoms with Gasteiger partial charge in [-0.25, -0.2) is 0 Å². The fraction of sp³-hybridized carbons (Fsp3) is 0.391. The highest BCUT2D eigenvalue weighted by molar-refractivity contribution is 6.00. The molecule has 5 rings (SSSR count). The summed E-state index contributed by atoms with van der Waals surface area (Å²) in [4.78, 5) is 27.4. The summed E-state index contributed by atoms with van der Waals surface area (Å²) in [6, 6.07) is 7.10. The molecule has 0 spiro atoms. The summed E-state index contributed by atoms with van der Waals surface area (Å²) in [5, 5.41) is 11.3. The minimum Gasteiger partial charge on any atom is -0.497 e. The number of carbonyl (C=O) groups excluding carboxylic acids is 2. The molecular formula is C23H25N5O4. The highest BCUT2D eigenvalue weighted by Gasteiger charge is 2.35. The van der Waals surface area contributed by atoms with Gasteiger partial charge in [0, 0.05) is 38.3 Å². The molecule has 0 radical (unpaired) electrons. The number of rotatable bonds is 4. The van der Waals surface area contributed by atoms with Gasteiger partial charge in [-0.3, -0.25) is 19.4 Å². The number of hydrogen-bond donors (Lipinski definition) is 1. The minimum atomic E-state index is -0.162. The lowest BCUT2D eigenvalue weighted by molar-refractivity contribution is 0.0449. The highest BCUT2D eigenvalue weighted by atomic mass is 16.5. The number of ether oxygens (including phenoxy) is 2. The topological polar surface area (TPSA) is 102 Å². The van der Waals surface area contributed by atoms with Crippen molar-refractivity contribution in [1.29, 1.82) is 0 Å². The SMILES string of the molecule is COc1ccc2c(c1)C(=O)CC(C1CCN(C(=O)c3cc(-c4cnn(C)c4)n[nH]3)CC1)O2. The number of aromatic amines is 1. The maximum absolute atomic E-state index is 12.9. The van der Waals surface area contributed by atoms with Crippen LogP contribution in [0.25, 0.3) is 11.3 Å². The number of benzene rings is 1. The van der Waals surface area contributed by atoms with Gasteiger partial charge in [-0.05, 0) is 43.0 Å². The summed E-state index contributed by atoms with van der Waals surface area (Å²) in [5.74, 6) is 1.51. The molecule has 2 aliphatic heterocycles. The molecule has 9 nitrogen and oxygen atoms in total. The fourth-order valence-corrected chi connectivity index (χ4v) is 4.49. The number of aromatic nitrogens is 4.